The second-order valence-electron chi connectivity index (χ2n) is 16.8. The molecule has 7 rings (SSSR count). The second kappa shape index (κ2) is 20.6. The van der Waals surface area contributed by atoms with Crippen LogP contribution in [0, 0.1) is 0 Å². The summed E-state index contributed by atoms with van der Waals surface area (Å²) in [7, 11) is 0. The molecule has 1 heterocycles. The Labute approximate surface area is 424 Å². The summed E-state index contributed by atoms with van der Waals surface area (Å²) >= 11 is 3.59. The van der Waals surface area contributed by atoms with E-state index in [0.717, 1.165) is 20.9 Å². The minimum Gasteiger partial charge on any atom is -0.287 e. The first kappa shape index (κ1) is 59.5. The van der Waals surface area contributed by atoms with Crippen LogP contribution in [-0.2, 0) is 56.0 Å². The van der Waals surface area contributed by atoms with Crippen molar-refractivity contribution in [2.75, 3.05) is 0 Å². The molecule has 0 amide bonds. The molecule has 0 atom stereocenters. The van der Waals surface area contributed by atoms with Crippen LogP contribution < -0.4 is 26.4 Å². The standard InChI is InChI=1S/C32H12BF24.C17H13BrNO/c34-25(35,36)13-1-14(26(37,38)39)6-21(5-13)33(22-7-15(27(40,41)42)2-16(8-22)28(43,44)45,23-9-17(29(46,47)48)3-18(10-23)30(49,50)51)24-11-19(31(52,53)54)4-20(12-24)32(55,56)57;18-17-15-9-5-4-6-13(15)10-11-19(17)12-16(20)14-7-2-1-3-8-14/h1-12H;1-11H,12H2/q-1;+1. The van der Waals surface area contributed by atoms with Crippen molar-refractivity contribution >= 4 is 60.5 Å². The summed E-state index contributed by atoms with van der Waals surface area (Å²) in [5.74, 6) is 0.103. The molecule has 0 spiro atoms. The Morgan fingerprint density at radius 2 is 0.623 bits per heavy atom. The van der Waals surface area contributed by atoms with Crippen LogP contribution in [0.5, 0.6) is 0 Å². The van der Waals surface area contributed by atoms with Gasteiger partial charge in [0.25, 0.3) is 4.60 Å². The van der Waals surface area contributed by atoms with Crippen molar-refractivity contribution in [3.8, 4) is 0 Å². The molecule has 0 aliphatic rings. The molecular weight excluding hydrogens is 1170 g/mol. The third-order valence-corrected chi connectivity index (χ3v) is 12.6. The molecule has 0 aliphatic carbocycles. The van der Waals surface area contributed by atoms with E-state index in [4.69, 9.17) is 0 Å². The molecule has 0 unspecified atom stereocenters. The summed E-state index contributed by atoms with van der Waals surface area (Å²) in [5, 5.41) is 2.26. The zero-order valence-electron chi connectivity index (χ0n) is 37.4. The summed E-state index contributed by atoms with van der Waals surface area (Å²) in [6.45, 7) is 0.329. The summed E-state index contributed by atoms with van der Waals surface area (Å²) in [6, 6.07) is 10.7. The number of ketones is 1. The first-order chi connectivity index (χ1) is 35.0. The lowest BCUT2D eigenvalue weighted by atomic mass is 9.12. The predicted molar refractivity (Wildman–Crippen MR) is 233 cm³/mol. The van der Waals surface area contributed by atoms with Crippen LogP contribution in [0.1, 0.15) is 54.9 Å². The van der Waals surface area contributed by atoms with Gasteiger partial charge in [-0.25, -0.2) is 0 Å². The van der Waals surface area contributed by atoms with Crippen molar-refractivity contribution in [3.63, 3.8) is 0 Å². The predicted octanol–water partition coefficient (Wildman–Crippen LogP) is 15.0. The quantitative estimate of drug-likeness (QED) is 0.0512. The number of alkyl halides is 24. The van der Waals surface area contributed by atoms with Crippen LogP contribution in [0.4, 0.5) is 105 Å². The third kappa shape index (κ3) is 13.3. The average molecular weight is 1190 g/mol. The molecule has 0 radical (unpaired) electrons. The molecule has 0 fully saturated rings. The minimum absolute atomic E-state index is 0.103. The molecule has 0 N–H and O–H groups in total. The SMILES string of the molecule is FC(F)(F)c1cc([B-](c2cc(C(F)(F)F)cc(C(F)(F)F)c2)(c2cc(C(F)(F)F)cc(C(F)(F)F)c2)c2cc(C(F)(F)F)cc(C(F)(F)F)c2)cc(C(F)(F)F)c1.O=C(C[n+]1ccc2ccccc2c1Br)c1ccccc1. The van der Waals surface area contributed by atoms with Gasteiger partial charge in [0.15, 0.2) is 6.20 Å². The van der Waals surface area contributed by atoms with Crippen molar-refractivity contribution in [2.24, 2.45) is 0 Å². The lowest BCUT2D eigenvalue weighted by molar-refractivity contribution is -0.692. The van der Waals surface area contributed by atoms with Crippen LogP contribution in [0.15, 0.2) is 144 Å². The second-order valence-corrected chi connectivity index (χ2v) is 17.6. The highest BCUT2D eigenvalue weighted by Gasteiger charge is 2.47. The van der Waals surface area contributed by atoms with Gasteiger partial charge >= 0.3 is 49.4 Å². The van der Waals surface area contributed by atoms with E-state index in [1.807, 2.05) is 65.4 Å². The first-order valence-electron chi connectivity index (χ1n) is 21.0. The Kier molecular flexibility index (Phi) is 15.9. The van der Waals surface area contributed by atoms with Gasteiger partial charge in [-0.2, -0.15) is 132 Å². The van der Waals surface area contributed by atoms with Crippen molar-refractivity contribution < 1.29 is 115 Å². The normalized spacial score (nSPS) is 13.4. The number of Topliss-reactive ketones (excluding diaryl/α,β-unsaturated/α-hetero) is 1. The van der Waals surface area contributed by atoms with E-state index >= 15 is 0 Å². The summed E-state index contributed by atoms with van der Waals surface area (Å²) in [5.41, 5.74) is -29.5. The molecule has 6 aromatic carbocycles. The average Bonchev–Trinajstić information content (AvgIpc) is 3.30. The van der Waals surface area contributed by atoms with Crippen molar-refractivity contribution in [2.45, 2.75) is 56.0 Å². The van der Waals surface area contributed by atoms with Gasteiger partial charge < -0.3 is 0 Å². The van der Waals surface area contributed by atoms with Gasteiger partial charge in [-0.15, -0.1) is 0 Å². The van der Waals surface area contributed by atoms with Gasteiger partial charge in [0, 0.05) is 27.6 Å². The number of fused-ring (bicyclic) bond motifs is 1. The Morgan fingerprint density at radius 3 is 0.896 bits per heavy atom. The summed E-state index contributed by atoms with van der Waals surface area (Å²) in [6.07, 6.45) is -52.9. The van der Waals surface area contributed by atoms with E-state index in [9.17, 15) is 110 Å². The Hall–Kier alpha value is -6.74. The van der Waals surface area contributed by atoms with Crippen molar-refractivity contribution in [1.82, 2.24) is 0 Å². The van der Waals surface area contributed by atoms with Gasteiger partial charge in [0.1, 0.15) is 6.15 Å². The molecule has 0 bridgehead atoms. The van der Waals surface area contributed by atoms with E-state index < -0.39 is 195 Å². The van der Waals surface area contributed by atoms with Gasteiger partial charge in [-0.1, -0.05) is 97.1 Å². The number of carbonyl (C=O) groups excluding carboxylic acids is 1. The van der Waals surface area contributed by atoms with Gasteiger partial charge in [-0.3, -0.25) is 4.79 Å². The molecule has 0 saturated heterocycles. The van der Waals surface area contributed by atoms with Gasteiger partial charge in [-0.05, 0) is 35.7 Å². The van der Waals surface area contributed by atoms with Crippen LogP contribution in [0.3, 0.4) is 0 Å². The molecular formula is C49H25BBrF24NO. The molecule has 77 heavy (non-hydrogen) atoms. The lowest BCUT2D eigenvalue weighted by Gasteiger charge is -2.46. The number of benzene rings is 6. The summed E-state index contributed by atoms with van der Waals surface area (Å²) < 4.78 is 344. The molecule has 410 valence electrons. The van der Waals surface area contributed by atoms with Crippen molar-refractivity contribution in [3.05, 3.63) is 194 Å². The van der Waals surface area contributed by atoms with E-state index in [1.54, 1.807) is 0 Å². The molecule has 0 saturated carbocycles. The van der Waals surface area contributed by atoms with Crippen LogP contribution >= 0.6 is 15.9 Å². The van der Waals surface area contributed by atoms with E-state index in [-0.39, 0.29) is 5.78 Å². The van der Waals surface area contributed by atoms with Gasteiger partial charge in [0.2, 0.25) is 12.3 Å². The number of halogens is 25. The zero-order chi connectivity index (χ0) is 57.9. The van der Waals surface area contributed by atoms with E-state index in [1.165, 1.54) is 0 Å². The molecule has 2 nitrogen and oxygen atoms in total. The number of rotatable bonds is 7. The fourth-order valence-corrected chi connectivity index (χ4v) is 8.89. The highest BCUT2D eigenvalue weighted by molar-refractivity contribution is 9.10. The smallest absolute Gasteiger partial charge is 0.287 e. The zero-order valence-corrected chi connectivity index (χ0v) is 39.0. The van der Waals surface area contributed by atoms with E-state index in [2.05, 4.69) is 22.0 Å². The minimum atomic E-state index is -6.13. The Morgan fingerprint density at radius 1 is 0.364 bits per heavy atom. The van der Waals surface area contributed by atoms with Gasteiger partial charge in [0.05, 0.1) is 49.9 Å². The third-order valence-electron chi connectivity index (χ3n) is 11.7. The highest BCUT2D eigenvalue weighted by atomic mass is 79.9. The number of hydrogen-bond acceptors (Lipinski definition) is 1. The molecule has 1 aromatic heterocycles. The Balaban J connectivity index is 0.000000397. The van der Waals surface area contributed by atoms with Crippen molar-refractivity contribution in [1.29, 1.82) is 0 Å². The maximum absolute atomic E-state index is 14.2. The lowest BCUT2D eigenvalue weighted by Crippen LogP contribution is -2.75. The topological polar surface area (TPSA) is 20.9 Å². The number of hydrogen-bond donors (Lipinski definition) is 0. The molecule has 28 heteroatoms. The van der Waals surface area contributed by atoms with Crippen LogP contribution in [0.25, 0.3) is 10.8 Å². The largest absolute Gasteiger partial charge is 0.416 e. The number of pyridine rings is 1. The maximum Gasteiger partial charge on any atom is 0.416 e. The number of nitrogens with zero attached hydrogens (tertiary/aromatic N) is 1. The number of carbonyl (C=O) groups is 1. The number of aromatic nitrogens is 1. The fraction of sp³-hybridized carbons (Fsp3) is 0.184. The molecule has 0 aliphatic heterocycles. The maximum atomic E-state index is 14.2. The molecule has 7 aromatic rings. The van der Waals surface area contributed by atoms with E-state index in [0.29, 0.717) is 6.54 Å². The van der Waals surface area contributed by atoms with Crippen LogP contribution in [-0.4, -0.2) is 11.9 Å². The summed E-state index contributed by atoms with van der Waals surface area (Å²) in [4.78, 5) is 12.3. The fourth-order valence-electron chi connectivity index (χ4n) is 8.28. The first-order valence-corrected chi connectivity index (χ1v) is 21.8. The highest BCUT2D eigenvalue weighted by Crippen LogP contribution is 2.41. The monoisotopic (exact) mass is 1190 g/mol. The Bertz CT molecular complexity index is 2870. The van der Waals surface area contributed by atoms with Crippen LogP contribution in [0.2, 0.25) is 0 Å².